The van der Waals surface area contributed by atoms with Crippen molar-refractivity contribution in [2.24, 2.45) is 0 Å². The number of anilines is 1. The highest BCUT2D eigenvalue weighted by atomic mass is 35.5. The Bertz CT molecular complexity index is 1790. The zero-order chi connectivity index (χ0) is 32.7. The topological polar surface area (TPSA) is 105 Å². The van der Waals surface area contributed by atoms with Gasteiger partial charge in [-0.3, -0.25) is 13.9 Å². The van der Waals surface area contributed by atoms with Gasteiger partial charge >= 0.3 is 0 Å². The van der Waals surface area contributed by atoms with Gasteiger partial charge in [0.1, 0.15) is 31.6 Å². The van der Waals surface area contributed by atoms with E-state index in [1.165, 1.54) is 35.2 Å². The number of nitrogens with zero attached hydrogens (tertiary/aromatic N) is 2. The van der Waals surface area contributed by atoms with Gasteiger partial charge in [0.15, 0.2) is 11.5 Å². The summed E-state index contributed by atoms with van der Waals surface area (Å²) in [6.07, 6.45) is 0.161. The fourth-order valence-corrected chi connectivity index (χ4v) is 6.73. The Hall–Kier alpha value is -4.61. The van der Waals surface area contributed by atoms with Crippen LogP contribution in [-0.2, 0) is 32.6 Å². The number of likely N-dealkylation sites (N-methyl/N-ethyl adjacent to an activating group) is 1. The molecule has 9 nitrogen and oxygen atoms in total. The first-order valence-corrected chi connectivity index (χ1v) is 16.5. The first kappa shape index (κ1) is 32.8. The second-order valence-electron chi connectivity index (χ2n) is 10.5. The molecule has 5 rings (SSSR count). The summed E-state index contributed by atoms with van der Waals surface area (Å²) in [4.78, 5) is 29.2. The van der Waals surface area contributed by atoms with Gasteiger partial charge in [0.2, 0.25) is 11.8 Å². The normalized spacial score (nSPS) is 13.0. The van der Waals surface area contributed by atoms with Crippen LogP contribution in [0.5, 0.6) is 11.5 Å². The monoisotopic (exact) mass is 665 g/mol. The van der Waals surface area contributed by atoms with Crippen molar-refractivity contribution in [2.75, 3.05) is 30.6 Å². The second-order valence-corrected chi connectivity index (χ2v) is 12.8. The van der Waals surface area contributed by atoms with Crippen LogP contribution >= 0.6 is 11.6 Å². The van der Waals surface area contributed by atoms with E-state index in [1.54, 1.807) is 31.2 Å². The third kappa shape index (κ3) is 7.60. The number of carbonyl (C=O) groups is 2. The molecule has 0 radical (unpaired) electrons. The number of rotatable bonds is 12. The Morgan fingerprint density at radius 1 is 0.913 bits per heavy atom. The second kappa shape index (κ2) is 14.7. The van der Waals surface area contributed by atoms with E-state index >= 15 is 0 Å². The van der Waals surface area contributed by atoms with Crippen LogP contribution in [0.15, 0.2) is 102 Å². The van der Waals surface area contributed by atoms with Crippen molar-refractivity contribution in [3.05, 3.63) is 119 Å². The standard InChI is InChI=1S/C34H33ClFN3O6S/c1-2-37-34(41)30(20-24-8-4-3-5-9-24)38(22-25-10-6-7-11-29(25)35)33(40)23-39(27-14-12-26(36)13-15-27)46(42,43)28-16-17-31-32(21-28)45-19-18-44-31/h3-17,21,30H,2,18-20,22-23H2,1H3,(H,37,41)/t30-/m1/s1. The van der Waals surface area contributed by atoms with E-state index < -0.39 is 40.2 Å². The molecule has 0 aromatic heterocycles. The van der Waals surface area contributed by atoms with Crippen LogP contribution < -0.4 is 19.1 Å². The predicted octanol–water partition coefficient (Wildman–Crippen LogP) is 5.22. The highest BCUT2D eigenvalue weighted by molar-refractivity contribution is 7.92. The number of fused-ring (bicyclic) bond motifs is 1. The van der Waals surface area contributed by atoms with Crippen molar-refractivity contribution in [1.29, 1.82) is 0 Å². The van der Waals surface area contributed by atoms with Gasteiger partial charge in [0, 0.05) is 30.6 Å². The highest BCUT2D eigenvalue weighted by Crippen LogP contribution is 2.34. The summed E-state index contributed by atoms with van der Waals surface area (Å²) in [6, 6.07) is 24.1. The third-order valence-corrected chi connectivity index (χ3v) is 9.55. The molecule has 1 aliphatic heterocycles. The van der Waals surface area contributed by atoms with Crippen LogP contribution in [0.2, 0.25) is 5.02 Å². The van der Waals surface area contributed by atoms with Crippen molar-refractivity contribution in [3.63, 3.8) is 0 Å². The molecule has 0 spiro atoms. The molecule has 2 amide bonds. The van der Waals surface area contributed by atoms with E-state index in [2.05, 4.69) is 5.32 Å². The molecule has 0 fully saturated rings. The molecule has 0 unspecified atom stereocenters. The van der Waals surface area contributed by atoms with Gasteiger partial charge < -0.3 is 19.7 Å². The van der Waals surface area contributed by atoms with E-state index in [4.69, 9.17) is 21.1 Å². The summed E-state index contributed by atoms with van der Waals surface area (Å²) >= 11 is 6.50. The minimum absolute atomic E-state index is 0.0555. The van der Waals surface area contributed by atoms with Gasteiger partial charge in [0.25, 0.3) is 10.0 Å². The molecule has 0 bridgehead atoms. The maximum atomic E-state index is 14.4. The van der Waals surface area contributed by atoms with Crippen molar-refractivity contribution < 1.29 is 31.9 Å². The molecule has 0 saturated heterocycles. The number of benzene rings is 4. The lowest BCUT2D eigenvalue weighted by Gasteiger charge is -2.34. The van der Waals surface area contributed by atoms with Crippen LogP contribution in [0.1, 0.15) is 18.1 Å². The number of carbonyl (C=O) groups excluding carboxylic acids is 2. The molecule has 1 aliphatic rings. The molecule has 1 atom stereocenters. The van der Waals surface area contributed by atoms with Crippen LogP contribution in [0.25, 0.3) is 0 Å². The molecule has 0 aliphatic carbocycles. The van der Waals surface area contributed by atoms with Gasteiger partial charge in [-0.1, -0.05) is 60.1 Å². The lowest BCUT2D eigenvalue weighted by Crippen LogP contribution is -2.53. The van der Waals surface area contributed by atoms with Crippen molar-refractivity contribution >= 4 is 39.1 Å². The number of hydrogen-bond donors (Lipinski definition) is 1. The summed E-state index contributed by atoms with van der Waals surface area (Å²) in [6.45, 7) is 1.89. The van der Waals surface area contributed by atoms with Crippen LogP contribution in [0, 0.1) is 5.82 Å². The fourth-order valence-electron chi connectivity index (χ4n) is 5.10. The number of hydrogen-bond acceptors (Lipinski definition) is 6. The van der Waals surface area contributed by atoms with Crippen molar-refractivity contribution in [2.45, 2.75) is 30.8 Å². The van der Waals surface area contributed by atoms with E-state index in [0.717, 1.165) is 22.0 Å². The maximum Gasteiger partial charge on any atom is 0.264 e. The van der Waals surface area contributed by atoms with E-state index in [0.29, 0.717) is 29.5 Å². The molecular formula is C34H33ClFN3O6S. The zero-order valence-electron chi connectivity index (χ0n) is 25.1. The number of nitrogens with one attached hydrogen (secondary N) is 1. The Labute approximate surface area is 272 Å². The van der Waals surface area contributed by atoms with Gasteiger partial charge in [-0.05, 0) is 60.5 Å². The summed E-state index contributed by atoms with van der Waals surface area (Å²) < 4.78 is 54.5. The highest BCUT2D eigenvalue weighted by Gasteiger charge is 2.35. The van der Waals surface area contributed by atoms with Gasteiger partial charge in [-0.2, -0.15) is 0 Å². The lowest BCUT2D eigenvalue weighted by atomic mass is 10.0. The number of amides is 2. The molecule has 1 heterocycles. The van der Waals surface area contributed by atoms with E-state index in [9.17, 15) is 22.4 Å². The Kier molecular flexibility index (Phi) is 10.4. The van der Waals surface area contributed by atoms with Crippen LogP contribution in [-0.4, -0.2) is 57.5 Å². The quantitative estimate of drug-likeness (QED) is 0.223. The lowest BCUT2D eigenvalue weighted by molar-refractivity contribution is -0.140. The minimum atomic E-state index is -4.42. The summed E-state index contributed by atoms with van der Waals surface area (Å²) in [7, 11) is -4.42. The van der Waals surface area contributed by atoms with Crippen molar-refractivity contribution in [1.82, 2.24) is 10.2 Å². The fraction of sp³-hybridized carbons (Fsp3) is 0.235. The Balaban J connectivity index is 1.57. The van der Waals surface area contributed by atoms with Gasteiger partial charge in [-0.25, -0.2) is 12.8 Å². The molecule has 12 heteroatoms. The predicted molar refractivity (Wildman–Crippen MR) is 173 cm³/mol. The van der Waals surface area contributed by atoms with Crippen molar-refractivity contribution in [3.8, 4) is 11.5 Å². The van der Waals surface area contributed by atoms with E-state index in [-0.39, 0.29) is 35.9 Å². The Morgan fingerprint density at radius 3 is 2.28 bits per heavy atom. The van der Waals surface area contributed by atoms with Gasteiger partial charge in [0.05, 0.1) is 10.6 Å². The average molecular weight is 666 g/mol. The molecule has 1 N–H and O–H groups in total. The summed E-state index contributed by atoms with van der Waals surface area (Å²) in [5.41, 5.74) is 1.43. The molecule has 4 aromatic rings. The first-order valence-electron chi connectivity index (χ1n) is 14.7. The summed E-state index contributed by atoms with van der Waals surface area (Å²) in [5.74, 6) is -1.01. The first-order chi connectivity index (χ1) is 22.2. The number of sulfonamides is 1. The SMILES string of the molecule is CCNC(=O)[C@@H](Cc1ccccc1)N(Cc1ccccc1Cl)C(=O)CN(c1ccc(F)cc1)S(=O)(=O)c1ccc2c(c1)OCCO2. The largest absolute Gasteiger partial charge is 0.486 e. The number of ether oxygens (including phenoxy) is 2. The van der Waals surface area contributed by atoms with E-state index in [1.807, 2.05) is 30.3 Å². The van der Waals surface area contributed by atoms with Crippen LogP contribution in [0.3, 0.4) is 0 Å². The molecule has 240 valence electrons. The smallest absolute Gasteiger partial charge is 0.264 e. The molecule has 0 saturated carbocycles. The minimum Gasteiger partial charge on any atom is -0.486 e. The van der Waals surface area contributed by atoms with Gasteiger partial charge in [-0.15, -0.1) is 0 Å². The molecule has 4 aromatic carbocycles. The zero-order valence-corrected chi connectivity index (χ0v) is 26.6. The maximum absolute atomic E-state index is 14.4. The summed E-state index contributed by atoms with van der Waals surface area (Å²) in [5, 5.41) is 3.20. The average Bonchev–Trinajstić information content (AvgIpc) is 3.06. The Morgan fingerprint density at radius 2 is 1.59 bits per heavy atom. The van der Waals surface area contributed by atoms with Crippen LogP contribution in [0.4, 0.5) is 10.1 Å². The third-order valence-electron chi connectivity index (χ3n) is 7.42. The molecule has 46 heavy (non-hydrogen) atoms. The number of halogens is 2. The molecular weight excluding hydrogens is 633 g/mol.